The largest absolute Gasteiger partial charge is 0.337 e. The van der Waals surface area contributed by atoms with Crippen LogP contribution in [0, 0.1) is 6.92 Å². The molecule has 0 radical (unpaired) electrons. The topological polar surface area (TPSA) is 7.68 Å². The lowest BCUT2D eigenvalue weighted by atomic mass is 9.89. The van der Waals surface area contributed by atoms with Crippen molar-refractivity contribution in [2.24, 2.45) is 0 Å². The van der Waals surface area contributed by atoms with E-state index in [1.807, 2.05) is 24.1 Å². The molecular formula is C19H22ClN2S+. The molecule has 1 N–H and O–H groups in total. The zero-order valence-electron chi connectivity index (χ0n) is 13.6. The molecule has 0 saturated carbocycles. The van der Waals surface area contributed by atoms with Gasteiger partial charge in [-0.2, -0.15) is 0 Å². The summed E-state index contributed by atoms with van der Waals surface area (Å²) in [5.74, 6) is 0.651. The standard InChI is InChI=1S/C19H21ClN2S/c1-13-3-8-18-16(11-13)17-12-21(2)10-9-19(17)22(18)23-15-6-4-14(20)5-7-15/h3-8,11,17,19H,9-10,12H2,1-2H3/p+1/t17-,19-/m0/s1. The third-order valence-corrected chi connectivity index (χ3v) is 6.44. The lowest BCUT2D eigenvalue weighted by Gasteiger charge is -2.34. The number of nitrogens with one attached hydrogen (secondary N) is 1. The van der Waals surface area contributed by atoms with Crippen LogP contribution < -0.4 is 9.21 Å². The van der Waals surface area contributed by atoms with E-state index in [1.165, 1.54) is 41.2 Å². The Kier molecular flexibility index (Phi) is 4.04. The SMILES string of the molecule is Cc1ccc2c(c1)[C@@H]1C[NH+](C)CC[C@@H]1N2Sc1ccc(Cl)cc1. The average molecular weight is 346 g/mol. The minimum absolute atomic E-state index is 0.608. The predicted molar refractivity (Wildman–Crippen MR) is 98.7 cm³/mol. The number of halogens is 1. The first-order chi connectivity index (χ1) is 11.1. The number of aryl methyl sites for hydroxylation is 1. The third-order valence-electron chi connectivity index (χ3n) is 5.04. The van der Waals surface area contributed by atoms with Crippen molar-refractivity contribution < 1.29 is 4.90 Å². The van der Waals surface area contributed by atoms with Crippen LogP contribution in [0.4, 0.5) is 5.69 Å². The monoisotopic (exact) mass is 345 g/mol. The van der Waals surface area contributed by atoms with Gasteiger partial charge in [0.25, 0.3) is 0 Å². The van der Waals surface area contributed by atoms with Crippen LogP contribution in [-0.4, -0.2) is 26.2 Å². The van der Waals surface area contributed by atoms with E-state index in [0.29, 0.717) is 12.0 Å². The molecule has 23 heavy (non-hydrogen) atoms. The number of rotatable bonds is 2. The fraction of sp³-hybridized carbons (Fsp3) is 0.368. The number of fused-ring (bicyclic) bond motifs is 3. The first-order valence-electron chi connectivity index (χ1n) is 8.26. The first-order valence-corrected chi connectivity index (χ1v) is 9.41. The van der Waals surface area contributed by atoms with Gasteiger partial charge in [-0.05, 0) is 54.8 Å². The third kappa shape index (κ3) is 2.86. The second kappa shape index (κ2) is 6.04. The Bertz CT molecular complexity index is 716. The maximum atomic E-state index is 6.03. The zero-order chi connectivity index (χ0) is 16.0. The van der Waals surface area contributed by atoms with E-state index in [-0.39, 0.29) is 0 Å². The molecule has 1 saturated heterocycles. The number of piperidine rings is 1. The molecule has 2 aliphatic heterocycles. The van der Waals surface area contributed by atoms with Crippen LogP contribution in [0.2, 0.25) is 5.02 Å². The molecule has 0 amide bonds. The molecule has 4 rings (SSSR count). The molecule has 2 nitrogen and oxygen atoms in total. The van der Waals surface area contributed by atoms with E-state index in [4.69, 9.17) is 11.6 Å². The van der Waals surface area contributed by atoms with Crippen LogP contribution in [0.15, 0.2) is 47.4 Å². The molecular weight excluding hydrogens is 324 g/mol. The Labute approximate surface area is 147 Å². The summed E-state index contributed by atoms with van der Waals surface area (Å²) in [5, 5.41) is 0.799. The second-order valence-corrected chi connectivity index (χ2v) is 8.29. The molecule has 1 fully saturated rings. The van der Waals surface area contributed by atoms with E-state index in [0.717, 1.165) is 5.02 Å². The molecule has 0 aromatic heterocycles. The molecule has 1 unspecified atom stereocenters. The fourth-order valence-electron chi connectivity index (χ4n) is 3.88. The second-order valence-electron chi connectivity index (χ2n) is 6.81. The Morgan fingerprint density at radius 3 is 2.74 bits per heavy atom. The molecule has 0 spiro atoms. The van der Waals surface area contributed by atoms with Gasteiger partial charge in [0.1, 0.15) is 0 Å². The van der Waals surface area contributed by atoms with Crippen LogP contribution in [0.25, 0.3) is 0 Å². The Hall–Kier alpha value is -1.16. The van der Waals surface area contributed by atoms with Crippen LogP contribution in [0.3, 0.4) is 0 Å². The summed E-state index contributed by atoms with van der Waals surface area (Å²) in [7, 11) is 2.32. The van der Waals surface area contributed by atoms with Crippen LogP contribution in [-0.2, 0) is 0 Å². The smallest absolute Gasteiger partial charge is 0.0859 e. The van der Waals surface area contributed by atoms with Crippen molar-refractivity contribution in [3.8, 4) is 0 Å². The highest BCUT2D eigenvalue weighted by atomic mass is 35.5. The number of benzene rings is 2. The number of quaternary nitrogens is 1. The average Bonchev–Trinajstić information content (AvgIpc) is 2.82. The van der Waals surface area contributed by atoms with Gasteiger partial charge < -0.3 is 9.21 Å². The van der Waals surface area contributed by atoms with Gasteiger partial charge in [0.15, 0.2) is 0 Å². The number of hydrogen-bond donors (Lipinski definition) is 1. The van der Waals surface area contributed by atoms with Gasteiger partial charge in [-0.25, -0.2) is 0 Å². The van der Waals surface area contributed by atoms with Crippen molar-refractivity contribution in [2.45, 2.75) is 30.2 Å². The highest BCUT2D eigenvalue weighted by molar-refractivity contribution is 8.00. The number of hydrogen-bond acceptors (Lipinski definition) is 2. The van der Waals surface area contributed by atoms with Gasteiger partial charge in [-0.3, -0.25) is 0 Å². The summed E-state index contributed by atoms with van der Waals surface area (Å²) in [5.41, 5.74) is 4.31. The molecule has 3 atom stereocenters. The summed E-state index contributed by atoms with van der Waals surface area (Å²) >= 11 is 7.89. The summed E-state index contributed by atoms with van der Waals surface area (Å²) < 4.78 is 2.55. The van der Waals surface area contributed by atoms with Gasteiger partial charge in [0.05, 0.1) is 37.8 Å². The predicted octanol–water partition coefficient (Wildman–Crippen LogP) is 3.55. The summed E-state index contributed by atoms with van der Waals surface area (Å²) in [6.07, 6.45) is 1.25. The van der Waals surface area contributed by atoms with Crippen molar-refractivity contribution in [1.29, 1.82) is 0 Å². The number of likely N-dealkylation sites (tertiary alicyclic amines) is 1. The normalized spacial score (nSPS) is 26.0. The van der Waals surface area contributed by atoms with Crippen molar-refractivity contribution >= 4 is 29.2 Å². The highest BCUT2D eigenvalue weighted by Gasteiger charge is 2.43. The fourth-order valence-corrected chi connectivity index (χ4v) is 5.15. The van der Waals surface area contributed by atoms with Crippen molar-refractivity contribution in [2.75, 3.05) is 24.4 Å². The molecule has 2 aliphatic rings. The van der Waals surface area contributed by atoms with E-state index in [9.17, 15) is 0 Å². The van der Waals surface area contributed by atoms with Crippen molar-refractivity contribution in [3.63, 3.8) is 0 Å². The van der Waals surface area contributed by atoms with Gasteiger partial charge in [0.2, 0.25) is 0 Å². The molecule has 4 heteroatoms. The molecule has 0 bridgehead atoms. The summed E-state index contributed by atoms with van der Waals surface area (Å²) in [6.45, 7) is 4.69. The lowest BCUT2D eigenvalue weighted by Crippen LogP contribution is -3.11. The van der Waals surface area contributed by atoms with Gasteiger partial charge in [-0.1, -0.05) is 29.3 Å². The Balaban J connectivity index is 1.70. The Morgan fingerprint density at radius 1 is 1.17 bits per heavy atom. The van der Waals surface area contributed by atoms with E-state index < -0.39 is 0 Å². The van der Waals surface area contributed by atoms with Gasteiger partial charge >= 0.3 is 0 Å². The van der Waals surface area contributed by atoms with E-state index in [1.54, 1.807) is 4.90 Å². The first kappa shape index (κ1) is 15.4. The molecule has 2 heterocycles. The van der Waals surface area contributed by atoms with Gasteiger partial charge in [-0.15, -0.1) is 0 Å². The number of anilines is 1. The lowest BCUT2D eigenvalue weighted by molar-refractivity contribution is -0.886. The minimum Gasteiger partial charge on any atom is -0.337 e. The molecule has 0 aliphatic carbocycles. The maximum absolute atomic E-state index is 6.03. The van der Waals surface area contributed by atoms with E-state index >= 15 is 0 Å². The van der Waals surface area contributed by atoms with Crippen LogP contribution in [0.1, 0.15) is 23.5 Å². The van der Waals surface area contributed by atoms with Crippen LogP contribution in [0.5, 0.6) is 0 Å². The quantitative estimate of drug-likeness (QED) is 0.832. The Morgan fingerprint density at radius 2 is 1.96 bits per heavy atom. The minimum atomic E-state index is 0.608. The molecule has 120 valence electrons. The van der Waals surface area contributed by atoms with Crippen molar-refractivity contribution in [1.82, 2.24) is 0 Å². The van der Waals surface area contributed by atoms with Crippen LogP contribution >= 0.6 is 23.5 Å². The number of nitrogens with zero attached hydrogens (tertiary/aromatic N) is 1. The maximum Gasteiger partial charge on any atom is 0.0859 e. The summed E-state index contributed by atoms with van der Waals surface area (Å²) in [6, 6.07) is 15.7. The highest BCUT2D eigenvalue weighted by Crippen LogP contribution is 2.47. The molecule has 2 aromatic carbocycles. The van der Waals surface area contributed by atoms with E-state index in [2.05, 4.69) is 48.6 Å². The summed E-state index contributed by atoms with van der Waals surface area (Å²) in [4.78, 5) is 2.91. The van der Waals surface area contributed by atoms with Crippen molar-refractivity contribution in [3.05, 3.63) is 58.6 Å². The molecule has 2 aromatic rings. The zero-order valence-corrected chi connectivity index (χ0v) is 15.1. The van der Waals surface area contributed by atoms with Gasteiger partial charge in [0, 0.05) is 16.3 Å². The number of likely N-dealkylation sites (N-methyl/N-ethyl adjacent to an activating group) is 1.